The molecule has 14 atom stereocenters. The molecule has 7 fully saturated rings. The average molecular weight is 2170 g/mol. The summed E-state index contributed by atoms with van der Waals surface area (Å²) in [6.45, 7) is 51.5. The van der Waals surface area contributed by atoms with Crippen LogP contribution in [-0.4, -0.2) is 203 Å². The first kappa shape index (κ1) is 151. The molecule has 5 aliphatic carbocycles. The zero-order valence-electron chi connectivity index (χ0n) is 84.1. The van der Waals surface area contributed by atoms with Crippen LogP contribution in [0.4, 0.5) is 13.2 Å². The van der Waals surface area contributed by atoms with Crippen LogP contribution in [-0.2, 0) is 64.5 Å². The van der Waals surface area contributed by atoms with E-state index in [2.05, 4.69) is 148 Å². The molecule has 2 saturated heterocycles. The van der Waals surface area contributed by atoms with Gasteiger partial charge in [0.25, 0.3) is 0 Å². The van der Waals surface area contributed by atoms with Gasteiger partial charge in [-0.15, -0.1) is 11.6 Å². The number of alkyl halides is 4. The fourth-order valence-electron chi connectivity index (χ4n) is 15.7. The number of aryl methyl sites for hydroxylation is 2. The smallest absolute Gasteiger partial charge is 1.00 e. The molecule has 5 N–H and O–H groups in total. The third-order valence-electron chi connectivity index (χ3n) is 22.8. The third-order valence-corrected chi connectivity index (χ3v) is 33.7. The molecule has 0 bridgehead atoms. The number of aliphatic carboxylic acids is 1. The van der Waals surface area contributed by atoms with E-state index >= 15 is 0 Å². The second-order valence-electron chi connectivity index (χ2n) is 35.7. The number of benzene rings is 3. The second-order valence-corrected chi connectivity index (χ2v) is 54.8. The number of nitrogens with zero attached hydrogens (tertiary/aromatic N) is 1. The third kappa shape index (κ3) is 68.6. The Hall–Kier alpha value is 2.53. The van der Waals surface area contributed by atoms with Crippen molar-refractivity contribution in [2.45, 2.75) is 283 Å². The maximum absolute atomic E-state index is 11.4. The number of hydrogen-bond donors (Lipinski definition) is 2. The van der Waals surface area contributed by atoms with Crippen LogP contribution in [0.25, 0.3) is 0 Å². The van der Waals surface area contributed by atoms with Crippen LogP contribution in [0.3, 0.4) is 0 Å². The van der Waals surface area contributed by atoms with E-state index in [1.807, 2.05) is 56.3 Å². The Labute approximate surface area is 885 Å². The van der Waals surface area contributed by atoms with Gasteiger partial charge in [0, 0.05) is 92.0 Å². The summed E-state index contributed by atoms with van der Waals surface area (Å²) >= 11 is 28.2. The van der Waals surface area contributed by atoms with Gasteiger partial charge >= 0.3 is 96.0 Å². The molecule has 15 nitrogen and oxygen atoms in total. The van der Waals surface area contributed by atoms with Crippen molar-refractivity contribution < 1.29 is 152 Å². The van der Waals surface area contributed by atoms with Gasteiger partial charge in [-0.2, -0.15) is 55.8 Å². The standard InChI is InChI=1S/C20H38ClP.C10H19Cl.C10H20O.C10H19.2C9H13O2PS.C7H9N.C6H5O3S.2C4H8O.C2HF3O2.CH3.Cl3P.ClH.2Li.2Mg.2H2O.Pd.2H/c1-13(2)17-9-7-15(5)11-19(17)22(21)20-12-16(6)8-10-18(20)14(3)4;2*1-7(2)9-5-4-8(3)6-10(9)11;1-8(2)10-6-4-9(3)5-7-10;2*1-12(2)8-6-4-5-7-9(8)13(3,10)11;1-6-4-3-5-7(2)8-6;7-10(8,9)6-4-2-1-3-5-6;2*1-2-4-5-3-1;3-2(4,5)1(6)7;;1-4(2)3;;;;;;;;;;/h13-20H,7-12H2,1-6H3;7-10H,4-6H2,1-3H3;7-11H,4-6H2,1-3H3;6,8-10H,4-5,7H2,1-3H3;2*4-7H,1-3H3;3-5H,1-2H3;1-4H,(H,7,8,9);2*1-4H2;(H,6,7);1H3;;1H;;;;;2*1H2;;;/q;;;-1;;;;-1;;;;-1;;;2*+1;2*+2;;;;2*-1/p-1/t;;8-,9+,10-;;;;;;;;;;;;;;;;;;;;/m..1..................../s1. The van der Waals surface area contributed by atoms with Crippen LogP contribution < -0.4 is 60.7 Å². The zero-order valence-corrected chi connectivity index (χ0v) is 97.3. The molecule has 736 valence electrons. The second kappa shape index (κ2) is 81.0. The minimum atomic E-state index is -5.08. The number of pyridine rings is 1. The number of sulfone groups is 2. The van der Waals surface area contributed by atoms with Crippen LogP contribution in [0.15, 0.2) is 106 Å². The first-order valence-corrected chi connectivity index (χ1v) is 60.1. The predicted octanol–water partition coefficient (Wildman–Crippen LogP) is 16.5. The van der Waals surface area contributed by atoms with E-state index in [9.17, 15) is 48.1 Å². The average Bonchev–Trinajstić information content (AvgIpc) is 0.886. The number of hydrogen-bond acceptors (Lipinski definition) is 13. The van der Waals surface area contributed by atoms with E-state index in [-0.39, 0.29) is 156 Å². The summed E-state index contributed by atoms with van der Waals surface area (Å²) in [6, 6.07) is 28.5. The predicted molar refractivity (Wildman–Crippen MR) is 537 cm³/mol. The molecule has 128 heavy (non-hydrogen) atoms. The summed E-state index contributed by atoms with van der Waals surface area (Å²) < 4.78 is 118. The van der Waals surface area contributed by atoms with Gasteiger partial charge in [0.2, 0.25) is 0 Å². The molecule has 11 rings (SSSR count). The molecule has 11 unspecified atom stereocenters. The maximum Gasteiger partial charge on any atom is 2.00 e. The normalized spacial score (nSPS) is 23.4. The van der Waals surface area contributed by atoms with E-state index in [4.69, 9.17) is 75.9 Å². The molecular weight excluding hydrogens is 2000 g/mol. The van der Waals surface area contributed by atoms with Crippen molar-refractivity contribution in [1.29, 1.82) is 0 Å². The fourth-order valence-corrected chi connectivity index (χ4v) is 27.5. The van der Waals surface area contributed by atoms with E-state index in [1.165, 1.54) is 146 Å². The molecule has 0 spiro atoms. The first-order chi connectivity index (χ1) is 55.1. The van der Waals surface area contributed by atoms with E-state index in [0.29, 0.717) is 27.0 Å². The zero-order chi connectivity index (χ0) is 91.3. The molecule has 7 aliphatic rings. The van der Waals surface area contributed by atoms with Crippen molar-refractivity contribution in [1.82, 2.24) is 4.98 Å². The molecule has 1 aromatic heterocycles. The van der Waals surface area contributed by atoms with Crippen molar-refractivity contribution in [3.63, 3.8) is 0 Å². The summed E-state index contributed by atoms with van der Waals surface area (Å²) in [5, 5.41) is 19.3. The fraction of sp³-hybridized carbons (Fsp3) is 0.717. The Kier molecular flexibility index (Phi) is 95.4. The number of aromatic nitrogens is 1. The summed E-state index contributed by atoms with van der Waals surface area (Å²) in [6.07, 6.45) is 25.2. The molecule has 0 amide bonds. The van der Waals surface area contributed by atoms with Gasteiger partial charge in [0.05, 0.1) is 32.8 Å². The summed E-state index contributed by atoms with van der Waals surface area (Å²) in [5.74, 6) is 8.27. The Morgan fingerprint density at radius 3 is 1.11 bits per heavy atom. The van der Waals surface area contributed by atoms with E-state index < -0.39 is 63.8 Å². The topological polar surface area (TPSA) is 276 Å². The molecule has 4 aromatic rings. The van der Waals surface area contributed by atoms with Crippen LogP contribution >= 0.6 is 85.7 Å². The largest absolute Gasteiger partial charge is 2.00 e. The number of rotatable bonds is 12. The minimum Gasteiger partial charge on any atom is -1.00 e. The maximum atomic E-state index is 11.4. The molecule has 5 saturated carbocycles. The Morgan fingerprint density at radius 1 is 0.555 bits per heavy atom. The van der Waals surface area contributed by atoms with Gasteiger partial charge in [0.15, 0.2) is 25.7 Å². The quantitative estimate of drug-likeness (QED) is 0.0439. The Balaban J connectivity index is -0.000000119. The van der Waals surface area contributed by atoms with E-state index in [1.54, 1.807) is 30.3 Å². The molecular formula is C92H162Cl6F3Li2Mg2NO14P4PdS3. The van der Waals surface area contributed by atoms with Gasteiger partial charge in [-0.05, 0) is 217 Å². The van der Waals surface area contributed by atoms with Crippen LogP contribution in [0.1, 0.15) is 240 Å². The van der Waals surface area contributed by atoms with Crippen molar-refractivity contribution in [2.24, 2.45) is 88.8 Å². The number of aliphatic hydroxyl groups is 1. The van der Waals surface area contributed by atoms with Gasteiger partial charge in [0.1, 0.15) is 30.5 Å². The number of carboxylic acids is 1. The summed E-state index contributed by atoms with van der Waals surface area (Å²) in [4.78, 5) is 13.7. The Bertz CT molecular complexity index is 3550. The number of halogens is 9. The van der Waals surface area contributed by atoms with Gasteiger partial charge in [-0.3, -0.25) is 4.98 Å². The van der Waals surface area contributed by atoms with Gasteiger partial charge in [-0.25, -0.2) is 30.0 Å². The first-order valence-electron chi connectivity index (χ1n) is 43.0. The van der Waals surface area contributed by atoms with Crippen molar-refractivity contribution in [2.75, 3.05) is 65.6 Å². The minimum absolute atomic E-state index is 0. The SMILES string of the molecule is C1CCOC1.C1CCOC1.CC(C)[C@@H]1CC[C@@H](C)C[C@H]1O.CC1CCC(C(C)C)C(Cl)C1.CC1CCC(C(C)C)C(P(Cl)C2CC(C)CCC2C(C)C)C1.CC1C[CH-]C(C(C)C)CC1.C[PH+](C)c1ccccc1S(C)(=O)=O.C[PH+](C)c1ccccc1S(C)(=O)=O.Cc1cccc(C)n1.ClP(Cl)Cl.O.O=C(O)C(F)(F)F.O=S(=O)([O-])c1[c-]cccc1.[CH3-].[Cl-].[H-].[H-].[Li+].[Li+].[Mg+2].[Mg+2].[OH-].[Pd]. The van der Waals surface area contributed by atoms with Crippen LogP contribution in [0.5, 0.6) is 0 Å². The van der Waals surface area contributed by atoms with Crippen molar-refractivity contribution >= 4 is 178 Å². The number of aliphatic hydroxyl groups excluding tert-OH is 1. The monoisotopic (exact) mass is 2160 g/mol. The molecule has 2 aliphatic heterocycles. The summed E-state index contributed by atoms with van der Waals surface area (Å²) in [5.41, 5.74) is 3.81. The van der Waals surface area contributed by atoms with Crippen molar-refractivity contribution in [3.05, 3.63) is 122 Å². The molecule has 0 radical (unpaired) electrons. The van der Waals surface area contributed by atoms with Crippen LogP contribution in [0, 0.1) is 123 Å². The van der Waals surface area contributed by atoms with E-state index in [0.717, 1.165) is 143 Å². The molecule has 3 aromatic carbocycles. The number of carboxylic acid groups (broad SMARTS) is 1. The number of ether oxygens (including phenoxy) is 2. The Morgan fingerprint density at radius 2 is 0.875 bits per heavy atom. The summed E-state index contributed by atoms with van der Waals surface area (Å²) in [7, 11) is -12.2. The molecule has 3 heterocycles. The van der Waals surface area contributed by atoms with Gasteiger partial charge in [-0.1, -0.05) is 234 Å². The van der Waals surface area contributed by atoms with Crippen molar-refractivity contribution in [3.8, 4) is 0 Å². The van der Waals surface area contributed by atoms with Gasteiger partial charge < -0.3 is 64.3 Å². The molecule has 36 heteroatoms. The van der Waals surface area contributed by atoms with Crippen LogP contribution in [0.2, 0.25) is 0 Å². The number of carbonyl (C=O) groups is 1.